The average Bonchev–Trinajstić information content (AvgIpc) is 2.38. The van der Waals surface area contributed by atoms with Gasteiger partial charge in [0.15, 0.2) is 9.84 Å². The van der Waals surface area contributed by atoms with Crippen LogP contribution in [-0.2, 0) is 16.4 Å². The minimum absolute atomic E-state index is 0.00710. The van der Waals surface area contributed by atoms with Crippen LogP contribution in [0.3, 0.4) is 0 Å². The molecule has 1 aromatic carbocycles. The van der Waals surface area contributed by atoms with Crippen molar-refractivity contribution in [1.82, 2.24) is 5.32 Å². The van der Waals surface area contributed by atoms with E-state index in [-0.39, 0.29) is 23.7 Å². The molecule has 0 aliphatic rings. The van der Waals surface area contributed by atoms with Crippen LogP contribution in [0.1, 0.15) is 33.3 Å². The van der Waals surface area contributed by atoms with Crippen LogP contribution in [-0.4, -0.2) is 32.1 Å². The lowest BCUT2D eigenvalue weighted by Gasteiger charge is -2.20. The lowest BCUT2D eigenvalue weighted by molar-refractivity contribution is 0.341. The molecule has 1 N–H and O–H groups in total. The van der Waals surface area contributed by atoms with Crippen molar-refractivity contribution in [3.8, 4) is 5.75 Å². The van der Waals surface area contributed by atoms with Crippen LogP contribution in [0.15, 0.2) is 18.2 Å². The van der Waals surface area contributed by atoms with E-state index >= 15 is 0 Å². The summed E-state index contributed by atoms with van der Waals surface area (Å²) in [6, 6.07) is 5.54. The molecule has 4 nitrogen and oxygen atoms in total. The van der Waals surface area contributed by atoms with Crippen LogP contribution in [0.4, 0.5) is 0 Å². The first-order valence-electron chi connectivity index (χ1n) is 6.99. The van der Waals surface area contributed by atoms with Gasteiger partial charge in [-0.3, -0.25) is 0 Å². The van der Waals surface area contributed by atoms with Crippen LogP contribution in [0.2, 0.25) is 5.02 Å². The van der Waals surface area contributed by atoms with Gasteiger partial charge in [0.2, 0.25) is 0 Å². The van der Waals surface area contributed by atoms with Crippen molar-refractivity contribution in [3.05, 3.63) is 28.8 Å². The van der Waals surface area contributed by atoms with E-state index in [0.29, 0.717) is 17.3 Å². The summed E-state index contributed by atoms with van der Waals surface area (Å²) in [5.41, 5.74) is 1.10. The van der Waals surface area contributed by atoms with Gasteiger partial charge in [0.05, 0.1) is 10.8 Å². The molecular formula is C15H24ClNO3S. The van der Waals surface area contributed by atoms with Gasteiger partial charge in [-0.2, -0.15) is 0 Å². The Balaban J connectivity index is 2.58. The van der Waals surface area contributed by atoms with Gasteiger partial charge in [0.1, 0.15) is 12.4 Å². The van der Waals surface area contributed by atoms with Gasteiger partial charge in [-0.05, 0) is 38.5 Å². The minimum Gasteiger partial charge on any atom is -0.491 e. The fraction of sp³-hybridized carbons (Fsp3) is 0.600. The van der Waals surface area contributed by atoms with Crippen molar-refractivity contribution < 1.29 is 13.2 Å². The topological polar surface area (TPSA) is 55.4 Å². The molecule has 1 aromatic rings. The fourth-order valence-electron chi connectivity index (χ4n) is 1.56. The van der Waals surface area contributed by atoms with Gasteiger partial charge in [0, 0.05) is 17.8 Å². The quantitative estimate of drug-likeness (QED) is 0.833. The maximum atomic E-state index is 11.4. The van der Waals surface area contributed by atoms with E-state index in [9.17, 15) is 8.42 Å². The minimum atomic E-state index is -3.01. The van der Waals surface area contributed by atoms with Gasteiger partial charge in [0.25, 0.3) is 0 Å². The molecule has 21 heavy (non-hydrogen) atoms. The Morgan fingerprint density at radius 2 is 1.95 bits per heavy atom. The van der Waals surface area contributed by atoms with Crippen LogP contribution >= 0.6 is 11.6 Å². The van der Waals surface area contributed by atoms with E-state index in [1.807, 2.05) is 12.1 Å². The summed E-state index contributed by atoms with van der Waals surface area (Å²) >= 11 is 6.16. The fourth-order valence-corrected chi connectivity index (χ4v) is 2.45. The van der Waals surface area contributed by atoms with Gasteiger partial charge in [-0.25, -0.2) is 8.42 Å². The van der Waals surface area contributed by atoms with E-state index in [2.05, 4.69) is 26.1 Å². The molecule has 6 heteroatoms. The summed E-state index contributed by atoms with van der Waals surface area (Å²) in [7, 11) is -3.01. The Labute approximate surface area is 132 Å². The number of rotatable bonds is 7. The van der Waals surface area contributed by atoms with E-state index in [0.717, 1.165) is 5.56 Å². The van der Waals surface area contributed by atoms with Crippen LogP contribution < -0.4 is 10.1 Å². The SMILES string of the molecule is CCS(=O)(=O)CCOc1ccc(CNC(C)(C)C)cc1Cl. The zero-order chi connectivity index (χ0) is 16.1. The Morgan fingerprint density at radius 3 is 2.48 bits per heavy atom. The Morgan fingerprint density at radius 1 is 1.29 bits per heavy atom. The van der Waals surface area contributed by atoms with E-state index < -0.39 is 9.84 Å². The molecular weight excluding hydrogens is 310 g/mol. The summed E-state index contributed by atoms with van der Waals surface area (Å²) < 4.78 is 28.2. The van der Waals surface area contributed by atoms with E-state index in [1.165, 1.54) is 0 Å². The normalized spacial score (nSPS) is 12.4. The van der Waals surface area contributed by atoms with Gasteiger partial charge in [-0.1, -0.05) is 24.6 Å². The third-order valence-corrected chi connectivity index (χ3v) is 4.87. The van der Waals surface area contributed by atoms with Crippen molar-refractivity contribution in [2.24, 2.45) is 0 Å². The maximum absolute atomic E-state index is 11.4. The smallest absolute Gasteiger partial charge is 0.153 e. The van der Waals surface area contributed by atoms with Gasteiger partial charge in [-0.15, -0.1) is 0 Å². The predicted molar refractivity (Wildman–Crippen MR) is 87.9 cm³/mol. The monoisotopic (exact) mass is 333 g/mol. The molecule has 0 aliphatic carbocycles. The van der Waals surface area contributed by atoms with Crippen molar-refractivity contribution in [2.45, 2.75) is 39.8 Å². The van der Waals surface area contributed by atoms with Crippen molar-refractivity contribution in [2.75, 3.05) is 18.1 Å². The third-order valence-electron chi connectivity index (χ3n) is 2.91. The number of sulfone groups is 1. The maximum Gasteiger partial charge on any atom is 0.153 e. The molecule has 120 valence electrons. The summed E-state index contributed by atoms with van der Waals surface area (Å²) in [6.07, 6.45) is 0. The van der Waals surface area contributed by atoms with Crippen molar-refractivity contribution in [3.63, 3.8) is 0 Å². The zero-order valence-electron chi connectivity index (χ0n) is 13.1. The van der Waals surface area contributed by atoms with E-state index in [4.69, 9.17) is 16.3 Å². The van der Waals surface area contributed by atoms with E-state index in [1.54, 1.807) is 13.0 Å². The summed E-state index contributed by atoms with van der Waals surface area (Å²) in [6.45, 7) is 8.75. The molecule has 0 spiro atoms. The lowest BCUT2D eigenvalue weighted by Crippen LogP contribution is -2.35. The molecule has 0 radical (unpaired) electrons. The standard InChI is InChI=1S/C15H24ClNO3S/c1-5-21(18,19)9-8-20-14-7-6-12(10-13(14)16)11-17-15(2,3)4/h6-7,10,17H,5,8-9,11H2,1-4H3. The Hall–Kier alpha value is -0.780. The zero-order valence-corrected chi connectivity index (χ0v) is 14.6. The van der Waals surface area contributed by atoms with Gasteiger partial charge >= 0.3 is 0 Å². The number of benzene rings is 1. The Kier molecular flexibility index (Phi) is 6.50. The molecule has 0 fully saturated rings. The second kappa shape index (κ2) is 7.47. The highest BCUT2D eigenvalue weighted by molar-refractivity contribution is 7.91. The number of halogens is 1. The second-order valence-electron chi connectivity index (χ2n) is 5.95. The molecule has 1 rings (SSSR count). The molecule has 0 bridgehead atoms. The Bertz CT molecular complexity index is 565. The first-order valence-corrected chi connectivity index (χ1v) is 9.19. The molecule has 0 atom stereocenters. The van der Waals surface area contributed by atoms with Crippen molar-refractivity contribution in [1.29, 1.82) is 0 Å². The van der Waals surface area contributed by atoms with Crippen LogP contribution in [0.25, 0.3) is 0 Å². The summed E-state index contributed by atoms with van der Waals surface area (Å²) in [5, 5.41) is 3.87. The predicted octanol–water partition coefficient (Wildman–Crippen LogP) is 3.04. The largest absolute Gasteiger partial charge is 0.491 e. The summed E-state index contributed by atoms with van der Waals surface area (Å²) in [4.78, 5) is 0. The summed E-state index contributed by atoms with van der Waals surface area (Å²) in [5.74, 6) is 0.650. The first kappa shape index (κ1) is 18.3. The number of hydrogen-bond donors (Lipinski definition) is 1. The molecule has 0 aromatic heterocycles. The lowest BCUT2D eigenvalue weighted by atomic mass is 10.1. The third kappa shape index (κ3) is 7.16. The number of hydrogen-bond acceptors (Lipinski definition) is 4. The molecule has 0 saturated heterocycles. The second-order valence-corrected chi connectivity index (χ2v) is 8.83. The molecule has 0 saturated carbocycles. The molecule has 0 amide bonds. The van der Waals surface area contributed by atoms with Crippen LogP contribution in [0.5, 0.6) is 5.75 Å². The number of nitrogens with one attached hydrogen (secondary N) is 1. The highest BCUT2D eigenvalue weighted by Gasteiger charge is 2.11. The highest BCUT2D eigenvalue weighted by atomic mass is 35.5. The van der Waals surface area contributed by atoms with Crippen LogP contribution in [0, 0.1) is 0 Å². The number of ether oxygens (including phenoxy) is 1. The van der Waals surface area contributed by atoms with Gasteiger partial charge < -0.3 is 10.1 Å². The molecule has 0 heterocycles. The van der Waals surface area contributed by atoms with Crippen molar-refractivity contribution >= 4 is 21.4 Å². The average molecular weight is 334 g/mol. The molecule has 0 aliphatic heterocycles. The highest BCUT2D eigenvalue weighted by Crippen LogP contribution is 2.25. The first-order chi connectivity index (χ1) is 9.63. The molecule has 0 unspecified atom stereocenters.